The fourth-order valence-electron chi connectivity index (χ4n) is 13.0. The van der Waals surface area contributed by atoms with Crippen molar-refractivity contribution in [3.63, 3.8) is 0 Å². The molecular weight excluding hydrogens is 829 g/mol. The van der Waals surface area contributed by atoms with Gasteiger partial charge in [0, 0.05) is 51.3 Å². The molecule has 0 saturated heterocycles. The maximum absolute atomic E-state index is 6.77. The average molecular weight is 881 g/mol. The lowest BCUT2D eigenvalue weighted by atomic mass is 9.42. The van der Waals surface area contributed by atoms with Gasteiger partial charge in [-0.3, -0.25) is 4.57 Å². The van der Waals surface area contributed by atoms with Crippen molar-refractivity contribution in [2.75, 3.05) is 10.6 Å². The SMILES string of the molecule is c1ccc(-c2cccc(-c3ccccc3)c2Nc2ccccc2Nc2cccc(Oc3ccc4c5ccccc5n(-c5cc(C6(c7ccccc7)C7CC8CC(C7)CC6C8)ccn5)c4c3)c2)cc1. The van der Waals surface area contributed by atoms with Crippen LogP contribution in [0.4, 0.5) is 22.7 Å². The molecule has 5 nitrogen and oxygen atoms in total. The van der Waals surface area contributed by atoms with Crippen molar-refractivity contribution in [3.8, 4) is 39.6 Å². The van der Waals surface area contributed by atoms with Gasteiger partial charge < -0.3 is 15.4 Å². The van der Waals surface area contributed by atoms with E-state index in [1.54, 1.807) is 0 Å². The van der Waals surface area contributed by atoms with E-state index in [0.29, 0.717) is 11.8 Å². The molecule has 0 atom stereocenters. The Bertz CT molecular complexity index is 3370. The molecule has 4 bridgehead atoms. The van der Waals surface area contributed by atoms with Gasteiger partial charge in [0.2, 0.25) is 0 Å². The Hall–Kier alpha value is -7.89. The Morgan fingerprint density at radius 1 is 0.456 bits per heavy atom. The highest BCUT2D eigenvalue weighted by Crippen LogP contribution is 2.65. The third kappa shape index (κ3) is 6.95. The molecule has 2 aromatic heterocycles. The number of fused-ring (bicyclic) bond motifs is 3. The summed E-state index contributed by atoms with van der Waals surface area (Å²) >= 11 is 0. The van der Waals surface area contributed by atoms with Gasteiger partial charge in [-0.15, -0.1) is 0 Å². The first-order valence-electron chi connectivity index (χ1n) is 24.4. The van der Waals surface area contributed by atoms with Crippen molar-refractivity contribution in [3.05, 3.63) is 230 Å². The first kappa shape index (κ1) is 40.4. The number of anilines is 4. The van der Waals surface area contributed by atoms with Gasteiger partial charge in [0.25, 0.3) is 0 Å². The van der Waals surface area contributed by atoms with Crippen LogP contribution in [0, 0.1) is 23.7 Å². The third-order valence-electron chi connectivity index (χ3n) is 15.5. The number of aromatic nitrogens is 2. The lowest BCUT2D eigenvalue weighted by molar-refractivity contribution is -0.0418. The van der Waals surface area contributed by atoms with Crippen molar-refractivity contribution in [2.24, 2.45) is 23.7 Å². The average Bonchev–Trinajstić information content (AvgIpc) is 3.71. The molecule has 0 spiro atoms. The van der Waals surface area contributed by atoms with Crippen LogP contribution in [0.1, 0.15) is 43.2 Å². The molecule has 4 aliphatic rings. The van der Waals surface area contributed by atoms with E-state index in [-0.39, 0.29) is 5.41 Å². The van der Waals surface area contributed by atoms with Crippen LogP contribution in [0.15, 0.2) is 219 Å². The number of benzene rings is 8. The zero-order valence-electron chi connectivity index (χ0n) is 37.9. The predicted molar refractivity (Wildman–Crippen MR) is 280 cm³/mol. The molecule has 330 valence electrons. The minimum Gasteiger partial charge on any atom is -0.457 e. The summed E-state index contributed by atoms with van der Waals surface area (Å²) in [4.78, 5) is 5.17. The quantitative estimate of drug-likeness (QED) is 0.136. The molecule has 2 heterocycles. The Balaban J connectivity index is 0.835. The van der Waals surface area contributed by atoms with Gasteiger partial charge in [0.1, 0.15) is 17.3 Å². The largest absolute Gasteiger partial charge is 0.457 e. The second-order valence-electron chi connectivity index (χ2n) is 19.4. The number of pyridine rings is 1. The number of hydrogen-bond acceptors (Lipinski definition) is 4. The fourth-order valence-corrected chi connectivity index (χ4v) is 13.0. The number of rotatable bonds is 11. The van der Waals surface area contributed by atoms with Crippen molar-refractivity contribution >= 4 is 44.6 Å². The highest BCUT2D eigenvalue weighted by atomic mass is 16.5. The summed E-state index contributed by atoms with van der Waals surface area (Å²) < 4.78 is 9.13. The maximum Gasteiger partial charge on any atom is 0.137 e. The van der Waals surface area contributed by atoms with Crippen molar-refractivity contribution in [2.45, 2.75) is 37.5 Å². The van der Waals surface area contributed by atoms with E-state index in [9.17, 15) is 0 Å². The molecule has 0 unspecified atom stereocenters. The monoisotopic (exact) mass is 880 g/mol. The van der Waals surface area contributed by atoms with Gasteiger partial charge in [-0.1, -0.05) is 146 Å². The van der Waals surface area contributed by atoms with E-state index >= 15 is 0 Å². The molecule has 2 N–H and O–H groups in total. The lowest BCUT2D eigenvalue weighted by Gasteiger charge is -2.62. The standard InChI is InChI=1S/C63H52N4O/c1-4-16-44(17-5-1)53-25-15-26-54(45-18-6-2-7-19-45)62(53)66-58-28-12-11-27-57(58)65-50-22-14-23-51(40-50)68-52-30-31-56-55-24-10-13-29-59(55)67(60(56)41-52)61-39-47(32-33-64-61)63(46-20-8-3-9-21-46)48-35-42-34-43(37-48)38-49(63)36-42/h1-33,39-43,48-49,65-66H,34-38H2. The number of nitrogens with one attached hydrogen (secondary N) is 2. The van der Waals surface area contributed by atoms with Crippen molar-refractivity contribution < 1.29 is 4.74 Å². The van der Waals surface area contributed by atoms with Crippen LogP contribution in [0.25, 0.3) is 49.9 Å². The number of nitrogens with zero attached hydrogens (tertiary/aromatic N) is 2. The van der Waals surface area contributed by atoms with Gasteiger partial charge in [-0.25, -0.2) is 4.98 Å². The molecule has 8 aromatic carbocycles. The zero-order chi connectivity index (χ0) is 45.0. The number of hydrogen-bond donors (Lipinski definition) is 2. The molecule has 0 radical (unpaired) electrons. The minimum absolute atomic E-state index is 0.00716. The van der Waals surface area contributed by atoms with Crippen molar-refractivity contribution in [1.82, 2.24) is 9.55 Å². The predicted octanol–water partition coefficient (Wildman–Crippen LogP) is 16.5. The van der Waals surface area contributed by atoms with Crippen LogP contribution in [-0.2, 0) is 5.41 Å². The van der Waals surface area contributed by atoms with Crippen molar-refractivity contribution in [1.29, 1.82) is 0 Å². The molecule has 5 heteroatoms. The van der Waals surface area contributed by atoms with E-state index in [0.717, 1.165) is 85.2 Å². The molecule has 4 aliphatic carbocycles. The van der Waals surface area contributed by atoms with Gasteiger partial charge in [0.15, 0.2) is 0 Å². The number of para-hydroxylation sites is 4. The summed E-state index contributed by atoms with van der Waals surface area (Å²) in [6, 6.07) is 75.7. The smallest absolute Gasteiger partial charge is 0.137 e. The van der Waals surface area contributed by atoms with Gasteiger partial charge in [-0.2, -0.15) is 0 Å². The fraction of sp³-hybridized carbons (Fsp3) is 0.159. The van der Waals surface area contributed by atoms with Gasteiger partial charge >= 0.3 is 0 Å². The van der Waals surface area contributed by atoms with E-state index in [1.807, 2.05) is 12.1 Å². The van der Waals surface area contributed by atoms with Crippen LogP contribution in [0.5, 0.6) is 11.5 Å². The Morgan fingerprint density at radius 2 is 1.04 bits per heavy atom. The Labute approximate surface area is 398 Å². The summed E-state index contributed by atoms with van der Waals surface area (Å²) in [5, 5.41) is 9.98. The topological polar surface area (TPSA) is 51.1 Å². The van der Waals surface area contributed by atoms with Gasteiger partial charge in [-0.05, 0) is 133 Å². The summed E-state index contributed by atoms with van der Waals surface area (Å²) in [5.74, 6) is 5.51. The second kappa shape index (κ2) is 16.8. The maximum atomic E-state index is 6.77. The highest BCUT2D eigenvalue weighted by molar-refractivity contribution is 6.09. The normalized spacial score (nSPS) is 20.4. The summed E-state index contributed by atoms with van der Waals surface area (Å²) in [5.41, 5.74) is 13.6. The van der Waals surface area contributed by atoms with E-state index in [1.165, 1.54) is 54.0 Å². The third-order valence-corrected chi connectivity index (χ3v) is 15.5. The summed E-state index contributed by atoms with van der Waals surface area (Å²) in [6.07, 6.45) is 8.81. The molecular formula is C63H52N4O. The van der Waals surface area contributed by atoms with E-state index < -0.39 is 0 Å². The van der Waals surface area contributed by atoms with E-state index in [2.05, 4.69) is 222 Å². The lowest BCUT2D eigenvalue weighted by Crippen LogP contribution is -2.56. The second-order valence-corrected chi connectivity index (χ2v) is 19.4. The van der Waals surface area contributed by atoms with Crippen LogP contribution >= 0.6 is 0 Å². The minimum atomic E-state index is -0.00716. The first-order valence-corrected chi connectivity index (χ1v) is 24.4. The van der Waals surface area contributed by atoms with E-state index in [4.69, 9.17) is 9.72 Å². The molecule has 0 aliphatic heterocycles. The number of ether oxygens (including phenoxy) is 1. The summed E-state index contributed by atoms with van der Waals surface area (Å²) in [6.45, 7) is 0. The highest BCUT2D eigenvalue weighted by Gasteiger charge is 2.58. The molecule has 0 amide bonds. The summed E-state index contributed by atoms with van der Waals surface area (Å²) in [7, 11) is 0. The molecule has 10 aromatic rings. The Morgan fingerprint density at radius 3 is 1.75 bits per heavy atom. The zero-order valence-corrected chi connectivity index (χ0v) is 37.9. The first-order chi connectivity index (χ1) is 33.7. The Kier molecular flexibility index (Phi) is 9.96. The van der Waals surface area contributed by atoms with Crippen LogP contribution < -0.4 is 15.4 Å². The van der Waals surface area contributed by atoms with Crippen LogP contribution in [0.3, 0.4) is 0 Å². The van der Waals surface area contributed by atoms with Gasteiger partial charge in [0.05, 0.1) is 28.1 Å². The van der Waals surface area contributed by atoms with Crippen LogP contribution in [0.2, 0.25) is 0 Å². The van der Waals surface area contributed by atoms with Crippen LogP contribution in [-0.4, -0.2) is 9.55 Å². The molecule has 4 saturated carbocycles. The molecule has 4 fully saturated rings. The molecule has 68 heavy (non-hydrogen) atoms. The molecule has 14 rings (SSSR count).